The number of aryl methyl sites for hydroxylation is 1. The van der Waals surface area contributed by atoms with Crippen LogP contribution in [0.15, 0.2) is 60.9 Å². The summed E-state index contributed by atoms with van der Waals surface area (Å²) in [7, 11) is 2.53. The molecule has 0 aliphatic carbocycles. The van der Waals surface area contributed by atoms with Gasteiger partial charge in [0.05, 0.1) is 50.5 Å². The van der Waals surface area contributed by atoms with Gasteiger partial charge in [-0.3, -0.25) is 4.79 Å². The van der Waals surface area contributed by atoms with Gasteiger partial charge >= 0.3 is 11.9 Å². The lowest BCUT2D eigenvalue weighted by Gasteiger charge is -2.45. The van der Waals surface area contributed by atoms with Crippen LogP contribution in [-0.2, 0) is 23.9 Å². The first-order chi connectivity index (χ1) is 19.1. The second-order valence-corrected chi connectivity index (χ2v) is 14.3. The van der Waals surface area contributed by atoms with Crippen molar-refractivity contribution < 1.29 is 23.9 Å². The van der Waals surface area contributed by atoms with E-state index in [-0.39, 0.29) is 21.5 Å². The Hall–Kier alpha value is -2.64. The Morgan fingerprint density at radius 1 is 1.02 bits per heavy atom. The number of esters is 2. The summed E-state index contributed by atoms with van der Waals surface area (Å²) in [6, 6.07) is 13.8. The van der Waals surface area contributed by atoms with Crippen molar-refractivity contribution in [2.45, 2.75) is 30.6 Å². The van der Waals surface area contributed by atoms with Gasteiger partial charge in [0, 0.05) is 11.1 Å². The number of methoxy groups -OCH3 is 2. The molecule has 0 saturated heterocycles. The highest BCUT2D eigenvalue weighted by molar-refractivity contribution is 8.29. The number of anilines is 1. The molecular weight excluding hydrogens is 605 g/mol. The normalized spacial score (nSPS) is 16.4. The van der Waals surface area contributed by atoms with Crippen molar-refractivity contribution in [3.05, 3.63) is 67.6 Å². The quantitative estimate of drug-likeness (QED) is 0.133. The number of carbonyl (C=O) groups is 3. The Kier molecular flexibility index (Phi) is 8.17. The van der Waals surface area contributed by atoms with Gasteiger partial charge in [-0.1, -0.05) is 71.8 Å². The van der Waals surface area contributed by atoms with Gasteiger partial charge in [0.1, 0.15) is 9.81 Å². The fourth-order valence-corrected chi connectivity index (χ4v) is 9.42. The number of amides is 1. The van der Waals surface area contributed by atoms with E-state index in [1.807, 2.05) is 63.2 Å². The first-order valence-electron chi connectivity index (χ1n) is 12.0. The summed E-state index contributed by atoms with van der Waals surface area (Å²) in [6.45, 7) is 5.81. The van der Waals surface area contributed by atoms with Crippen LogP contribution >= 0.6 is 58.8 Å². The zero-order valence-electron chi connectivity index (χ0n) is 22.2. The molecule has 2 aliphatic heterocycles. The molecule has 0 fully saturated rings. The number of fused-ring (bicyclic) bond motifs is 2. The number of ether oxygens (including phenoxy) is 2. The summed E-state index contributed by atoms with van der Waals surface area (Å²) in [5, 5.41) is 0. The number of carbonyl (C=O) groups excluding carboxylic acids is 3. The maximum Gasteiger partial charge on any atom is 0.346 e. The van der Waals surface area contributed by atoms with Gasteiger partial charge in [0.2, 0.25) is 5.91 Å². The molecule has 0 atom stereocenters. The van der Waals surface area contributed by atoms with Crippen LogP contribution in [0.1, 0.15) is 25.0 Å². The van der Waals surface area contributed by atoms with E-state index in [2.05, 4.69) is 4.98 Å². The molecular formula is C28H24N2O5S5. The predicted octanol–water partition coefficient (Wildman–Crippen LogP) is 6.60. The van der Waals surface area contributed by atoms with Gasteiger partial charge in [-0.25, -0.2) is 14.6 Å². The van der Waals surface area contributed by atoms with Gasteiger partial charge in [0.15, 0.2) is 4.34 Å². The molecule has 0 N–H and O–H groups in total. The maximum atomic E-state index is 13.9. The molecule has 206 valence electrons. The number of nitrogens with zero attached hydrogens (tertiary/aromatic N) is 2. The van der Waals surface area contributed by atoms with Gasteiger partial charge in [-0.2, -0.15) is 0 Å². The van der Waals surface area contributed by atoms with Crippen molar-refractivity contribution in [3.63, 3.8) is 0 Å². The molecule has 0 spiro atoms. The lowest BCUT2D eigenvalue weighted by molar-refractivity contribution is -0.138. The number of aromatic nitrogens is 1. The molecule has 7 nitrogen and oxygen atoms in total. The average molecular weight is 629 g/mol. The number of thioether (sulfide) groups is 3. The van der Waals surface area contributed by atoms with Crippen molar-refractivity contribution in [1.29, 1.82) is 0 Å². The molecule has 2 aliphatic rings. The van der Waals surface area contributed by atoms with E-state index in [1.165, 1.54) is 26.0 Å². The summed E-state index contributed by atoms with van der Waals surface area (Å²) in [5.74, 6) is -1.15. The minimum absolute atomic E-state index is 0.0946. The summed E-state index contributed by atoms with van der Waals surface area (Å²) in [4.78, 5) is 46.2. The number of para-hydroxylation sites is 1. The third-order valence-electron chi connectivity index (χ3n) is 6.39. The number of thiocarbonyl (C=S) groups is 1. The Morgan fingerprint density at radius 2 is 1.68 bits per heavy atom. The third-order valence-corrected chi connectivity index (χ3v) is 11.8. The molecule has 1 aromatic heterocycles. The molecule has 5 rings (SSSR count). The van der Waals surface area contributed by atoms with Gasteiger partial charge in [-0.05, 0) is 44.5 Å². The van der Waals surface area contributed by atoms with Crippen LogP contribution in [0.3, 0.4) is 0 Å². The lowest BCUT2D eigenvalue weighted by Crippen LogP contribution is -2.56. The standard InChI is InChI=1S/C28H24N2O5S5/c1-14-10-11-15-17(12-14)30(19(31)13-37-27-29-16-8-6-7-9-18(16)38-27)28(2,3)23(36)20(15)26-39-21(24(32)34-4)22(40-26)25(33)35-5/h6-12H,13H2,1-5H3. The van der Waals surface area contributed by atoms with Crippen molar-refractivity contribution >= 4 is 103 Å². The highest BCUT2D eigenvalue weighted by atomic mass is 32.2. The molecule has 2 aromatic carbocycles. The Balaban J connectivity index is 1.53. The van der Waals surface area contributed by atoms with Crippen LogP contribution in [0.4, 0.5) is 5.69 Å². The average Bonchev–Trinajstić information content (AvgIpc) is 3.56. The minimum atomic E-state index is -0.871. The molecule has 40 heavy (non-hydrogen) atoms. The van der Waals surface area contributed by atoms with Crippen LogP contribution in [0.2, 0.25) is 0 Å². The summed E-state index contributed by atoms with van der Waals surface area (Å²) >= 11 is 11.3. The number of hydrogen-bond acceptors (Lipinski definition) is 11. The van der Waals surface area contributed by atoms with Gasteiger partial charge in [-0.15, -0.1) is 11.3 Å². The molecule has 0 bridgehead atoms. The molecule has 3 aromatic rings. The van der Waals surface area contributed by atoms with E-state index >= 15 is 0 Å². The van der Waals surface area contributed by atoms with Crippen LogP contribution < -0.4 is 4.90 Å². The van der Waals surface area contributed by atoms with Crippen molar-refractivity contribution in [3.8, 4) is 0 Å². The topological polar surface area (TPSA) is 85.8 Å². The van der Waals surface area contributed by atoms with E-state index in [0.29, 0.717) is 14.7 Å². The fourth-order valence-electron chi connectivity index (χ4n) is 4.47. The van der Waals surface area contributed by atoms with E-state index < -0.39 is 17.5 Å². The lowest BCUT2D eigenvalue weighted by atomic mass is 9.83. The zero-order valence-corrected chi connectivity index (χ0v) is 26.3. The number of rotatable bonds is 5. The largest absolute Gasteiger partial charge is 0.465 e. The first-order valence-corrected chi connectivity index (χ1v) is 15.9. The van der Waals surface area contributed by atoms with Gasteiger partial charge < -0.3 is 14.4 Å². The van der Waals surface area contributed by atoms with Crippen LogP contribution in [0.25, 0.3) is 15.8 Å². The van der Waals surface area contributed by atoms with Crippen LogP contribution in [-0.4, -0.2) is 53.2 Å². The van der Waals surface area contributed by atoms with Crippen molar-refractivity contribution in [2.24, 2.45) is 0 Å². The van der Waals surface area contributed by atoms with E-state index in [4.69, 9.17) is 21.7 Å². The molecule has 0 radical (unpaired) electrons. The number of hydrogen-bond donors (Lipinski definition) is 0. The zero-order chi connectivity index (χ0) is 28.8. The SMILES string of the molecule is COC(=O)C1=C(C(=O)OC)SC(=C2C(=S)C(C)(C)N(C(=O)CSc3nc4ccccc4s3)c3cc(C)ccc32)S1. The summed E-state index contributed by atoms with van der Waals surface area (Å²) < 4.78 is 12.4. The Labute approximate surface area is 253 Å². The second-order valence-electron chi connectivity index (χ2n) is 9.38. The molecule has 1 amide bonds. The van der Waals surface area contributed by atoms with Crippen LogP contribution in [0.5, 0.6) is 0 Å². The fraction of sp³-hybridized carbons (Fsp3) is 0.250. The molecule has 3 heterocycles. The maximum absolute atomic E-state index is 13.9. The smallest absolute Gasteiger partial charge is 0.346 e. The number of benzene rings is 2. The molecule has 0 saturated carbocycles. The number of thiazole rings is 1. The van der Waals surface area contributed by atoms with Gasteiger partial charge in [0.25, 0.3) is 0 Å². The summed E-state index contributed by atoms with van der Waals surface area (Å²) in [6.07, 6.45) is 0. The van der Waals surface area contributed by atoms with E-state index in [9.17, 15) is 14.4 Å². The molecule has 0 unspecified atom stereocenters. The van der Waals surface area contributed by atoms with E-state index in [0.717, 1.165) is 54.9 Å². The Morgan fingerprint density at radius 3 is 2.30 bits per heavy atom. The summed E-state index contributed by atoms with van der Waals surface area (Å²) in [5.41, 5.74) is 3.23. The minimum Gasteiger partial charge on any atom is -0.465 e. The van der Waals surface area contributed by atoms with Crippen molar-refractivity contribution in [2.75, 3.05) is 24.9 Å². The monoisotopic (exact) mass is 628 g/mol. The second kappa shape index (κ2) is 11.3. The van der Waals surface area contributed by atoms with E-state index in [1.54, 1.807) is 16.2 Å². The first kappa shape index (κ1) is 28.9. The highest BCUT2D eigenvalue weighted by Gasteiger charge is 2.46. The van der Waals surface area contributed by atoms with Crippen molar-refractivity contribution in [1.82, 2.24) is 4.98 Å². The molecule has 12 heteroatoms. The van der Waals surface area contributed by atoms with Crippen LogP contribution in [0, 0.1) is 6.92 Å². The predicted molar refractivity (Wildman–Crippen MR) is 169 cm³/mol. The third kappa shape index (κ3) is 5.11. The highest BCUT2D eigenvalue weighted by Crippen LogP contribution is 2.56. The Bertz CT molecular complexity index is 1590.